The van der Waals surface area contributed by atoms with Gasteiger partial charge in [-0.25, -0.2) is 0 Å². The van der Waals surface area contributed by atoms with Gasteiger partial charge in [0.15, 0.2) is 0 Å². The predicted octanol–water partition coefficient (Wildman–Crippen LogP) is 5.29. The van der Waals surface area contributed by atoms with Gasteiger partial charge in [-0.15, -0.1) is 11.3 Å². The minimum absolute atomic E-state index is 0.160. The van der Waals surface area contributed by atoms with Crippen LogP contribution < -0.4 is 4.74 Å². The summed E-state index contributed by atoms with van der Waals surface area (Å²) in [6, 6.07) is 12.5. The van der Waals surface area contributed by atoms with Gasteiger partial charge in [-0.2, -0.15) is 0 Å². The Morgan fingerprint density at radius 2 is 1.96 bits per heavy atom. The van der Waals surface area contributed by atoms with Crippen LogP contribution in [0.2, 0.25) is 0 Å². The number of ether oxygens (including phenoxy) is 1. The molecule has 0 N–H and O–H groups in total. The third-order valence-electron chi connectivity index (χ3n) is 5.12. The third kappa shape index (κ3) is 4.36. The van der Waals surface area contributed by atoms with Gasteiger partial charge in [-0.1, -0.05) is 30.4 Å². The molecule has 26 heavy (non-hydrogen) atoms. The summed E-state index contributed by atoms with van der Waals surface area (Å²) in [5.41, 5.74) is 1.16. The van der Waals surface area contributed by atoms with Gasteiger partial charge >= 0.3 is 0 Å². The number of carbonyl (C=O) groups is 1. The number of hydrogen-bond donors (Lipinski definition) is 0. The standard InChI is InChI=1S/C22H25NO2S/c24-22(21-7-4-14-26-21)23(19-10-11-19)15-17-8-12-20(13-9-17)25-16-18-5-2-1-3-6-18/h1-2,4,7-9,12-14,18-19H,3,5-6,10-11,15-16H2/t18-/m1/s1. The van der Waals surface area contributed by atoms with Crippen LogP contribution in [0.3, 0.4) is 0 Å². The first-order valence-electron chi connectivity index (χ1n) is 9.51. The lowest BCUT2D eigenvalue weighted by Gasteiger charge is -2.22. The van der Waals surface area contributed by atoms with E-state index in [1.165, 1.54) is 24.2 Å². The molecular weight excluding hydrogens is 342 g/mol. The van der Waals surface area contributed by atoms with Crippen LogP contribution in [0.1, 0.15) is 47.3 Å². The van der Waals surface area contributed by atoms with Crippen molar-refractivity contribution in [2.45, 2.75) is 44.7 Å². The minimum Gasteiger partial charge on any atom is -0.493 e. The summed E-state index contributed by atoms with van der Waals surface area (Å²) in [5, 5.41) is 1.96. The molecule has 136 valence electrons. The van der Waals surface area contributed by atoms with Crippen molar-refractivity contribution in [1.82, 2.24) is 4.90 Å². The van der Waals surface area contributed by atoms with Crippen molar-refractivity contribution in [3.8, 4) is 5.75 Å². The summed E-state index contributed by atoms with van der Waals surface area (Å²) in [7, 11) is 0. The van der Waals surface area contributed by atoms with E-state index in [4.69, 9.17) is 4.74 Å². The van der Waals surface area contributed by atoms with E-state index < -0.39 is 0 Å². The van der Waals surface area contributed by atoms with Crippen molar-refractivity contribution in [3.63, 3.8) is 0 Å². The monoisotopic (exact) mass is 367 g/mol. The molecular formula is C22H25NO2S. The summed E-state index contributed by atoms with van der Waals surface area (Å²) >= 11 is 1.52. The highest BCUT2D eigenvalue weighted by Gasteiger charge is 2.33. The first-order valence-corrected chi connectivity index (χ1v) is 10.4. The van der Waals surface area contributed by atoms with Crippen LogP contribution in [0.4, 0.5) is 0 Å². The van der Waals surface area contributed by atoms with E-state index in [9.17, 15) is 4.79 Å². The Balaban J connectivity index is 1.35. The second kappa shape index (κ2) is 8.09. The number of rotatable bonds is 7. The highest BCUT2D eigenvalue weighted by atomic mass is 32.1. The molecule has 1 saturated carbocycles. The molecule has 4 rings (SSSR count). The minimum atomic E-state index is 0.160. The van der Waals surface area contributed by atoms with Crippen molar-refractivity contribution in [2.75, 3.05) is 6.61 Å². The summed E-state index contributed by atoms with van der Waals surface area (Å²) in [6.45, 7) is 1.46. The molecule has 1 atom stereocenters. The van der Waals surface area contributed by atoms with Gasteiger partial charge in [0.2, 0.25) is 0 Å². The molecule has 0 unspecified atom stereocenters. The maximum absolute atomic E-state index is 12.7. The number of thiophene rings is 1. The normalized spacial score (nSPS) is 19.3. The molecule has 0 aliphatic heterocycles. The molecule has 2 aliphatic rings. The van der Waals surface area contributed by atoms with E-state index in [1.54, 1.807) is 0 Å². The van der Waals surface area contributed by atoms with Crippen LogP contribution in [0.15, 0.2) is 53.9 Å². The number of nitrogens with zero attached hydrogens (tertiary/aromatic N) is 1. The topological polar surface area (TPSA) is 29.5 Å². The Morgan fingerprint density at radius 1 is 1.12 bits per heavy atom. The Kier molecular flexibility index (Phi) is 5.40. The number of carbonyl (C=O) groups excluding carboxylic acids is 1. The lowest BCUT2D eigenvalue weighted by atomic mass is 9.95. The largest absolute Gasteiger partial charge is 0.493 e. The molecule has 2 aromatic rings. The highest BCUT2D eigenvalue weighted by molar-refractivity contribution is 7.12. The summed E-state index contributed by atoms with van der Waals surface area (Å²) < 4.78 is 5.96. The van der Waals surface area contributed by atoms with Gasteiger partial charge in [0, 0.05) is 12.6 Å². The zero-order valence-electron chi connectivity index (χ0n) is 15.0. The van der Waals surface area contributed by atoms with Crippen LogP contribution in [0.25, 0.3) is 0 Å². The smallest absolute Gasteiger partial charge is 0.264 e. The number of benzene rings is 1. The van der Waals surface area contributed by atoms with Crippen LogP contribution >= 0.6 is 11.3 Å². The van der Waals surface area contributed by atoms with E-state index in [0.717, 1.165) is 42.1 Å². The summed E-state index contributed by atoms with van der Waals surface area (Å²) in [6.07, 6.45) is 10.3. The number of amides is 1. The second-order valence-corrected chi connectivity index (χ2v) is 8.19. The molecule has 3 nitrogen and oxygen atoms in total. The molecule has 0 radical (unpaired) electrons. The van der Waals surface area contributed by atoms with Gasteiger partial charge in [0.1, 0.15) is 5.75 Å². The van der Waals surface area contributed by atoms with E-state index >= 15 is 0 Å². The van der Waals surface area contributed by atoms with Crippen molar-refractivity contribution in [3.05, 3.63) is 64.4 Å². The van der Waals surface area contributed by atoms with Crippen LogP contribution in [-0.2, 0) is 6.54 Å². The van der Waals surface area contributed by atoms with E-state index in [-0.39, 0.29) is 5.91 Å². The van der Waals surface area contributed by atoms with Crippen LogP contribution in [0, 0.1) is 5.92 Å². The van der Waals surface area contributed by atoms with Gasteiger partial charge in [-0.3, -0.25) is 4.79 Å². The molecule has 1 aromatic carbocycles. The van der Waals surface area contributed by atoms with E-state index in [1.807, 2.05) is 34.5 Å². The lowest BCUT2D eigenvalue weighted by molar-refractivity contribution is 0.0735. The second-order valence-electron chi connectivity index (χ2n) is 7.25. The average molecular weight is 368 g/mol. The Labute approximate surface area is 159 Å². The fourth-order valence-corrected chi connectivity index (χ4v) is 4.08. The van der Waals surface area contributed by atoms with Gasteiger partial charge in [0.05, 0.1) is 11.5 Å². The first kappa shape index (κ1) is 17.3. The number of allylic oxidation sites excluding steroid dienone is 2. The average Bonchev–Trinajstić information content (AvgIpc) is 3.38. The summed E-state index contributed by atoms with van der Waals surface area (Å²) in [5.74, 6) is 1.72. The van der Waals surface area contributed by atoms with Gasteiger partial charge < -0.3 is 9.64 Å². The molecule has 0 saturated heterocycles. The lowest BCUT2D eigenvalue weighted by Crippen LogP contribution is -2.32. The fourth-order valence-electron chi connectivity index (χ4n) is 3.40. The molecule has 1 fully saturated rings. The van der Waals surface area contributed by atoms with Gasteiger partial charge in [-0.05, 0) is 67.2 Å². The predicted molar refractivity (Wildman–Crippen MR) is 106 cm³/mol. The fraction of sp³-hybridized carbons (Fsp3) is 0.409. The maximum Gasteiger partial charge on any atom is 0.264 e. The van der Waals surface area contributed by atoms with Crippen molar-refractivity contribution in [1.29, 1.82) is 0 Å². The molecule has 0 bridgehead atoms. The molecule has 1 amide bonds. The summed E-state index contributed by atoms with van der Waals surface area (Å²) in [4.78, 5) is 15.6. The molecule has 0 spiro atoms. The first-order chi connectivity index (χ1) is 12.8. The molecule has 4 heteroatoms. The molecule has 1 heterocycles. The maximum atomic E-state index is 12.7. The molecule has 1 aromatic heterocycles. The Hall–Kier alpha value is -2.07. The van der Waals surface area contributed by atoms with E-state index in [0.29, 0.717) is 18.5 Å². The third-order valence-corrected chi connectivity index (χ3v) is 5.98. The molecule has 2 aliphatic carbocycles. The van der Waals surface area contributed by atoms with E-state index in [2.05, 4.69) is 24.3 Å². The van der Waals surface area contributed by atoms with Crippen molar-refractivity contribution < 1.29 is 9.53 Å². The Bertz CT molecular complexity index is 747. The van der Waals surface area contributed by atoms with Crippen molar-refractivity contribution >= 4 is 17.2 Å². The zero-order valence-corrected chi connectivity index (χ0v) is 15.8. The quantitative estimate of drug-likeness (QED) is 0.623. The SMILES string of the molecule is O=C(c1cccs1)N(Cc1ccc(OC[C@@H]2CC=CCC2)cc1)C1CC1. The zero-order chi connectivity index (χ0) is 17.8. The van der Waals surface area contributed by atoms with Crippen LogP contribution in [0.5, 0.6) is 5.75 Å². The van der Waals surface area contributed by atoms with Gasteiger partial charge in [0.25, 0.3) is 5.91 Å². The van der Waals surface area contributed by atoms with Crippen LogP contribution in [-0.4, -0.2) is 23.5 Å². The van der Waals surface area contributed by atoms with Crippen molar-refractivity contribution in [2.24, 2.45) is 5.92 Å². The highest BCUT2D eigenvalue weighted by Crippen LogP contribution is 2.31. The number of hydrogen-bond acceptors (Lipinski definition) is 3. The Morgan fingerprint density at radius 3 is 2.62 bits per heavy atom.